The van der Waals surface area contributed by atoms with E-state index in [1.807, 2.05) is 0 Å². The van der Waals surface area contributed by atoms with Crippen LogP contribution in [0.3, 0.4) is 0 Å². The number of rotatable bonds is 3. The summed E-state index contributed by atoms with van der Waals surface area (Å²) in [5.41, 5.74) is 1.03. The molecule has 0 bridgehead atoms. The maximum absolute atomic E-state index is 13.2. The SMILES string of the molecule is N#Cc1cc(CNc2c(Cl)cc(F)cc2Cl)ccc1F. The average Bonchev–Trinajstić information content (AvgIpc) is 2.39. The second kappa shape index (κ2) is 6.08. The summed E-state index contributed by atoms with van der Waals surface area (Å²) in [5.74, 6) is -1.10. The van der Waals surface area contributed by atoms with E-state index in [1.54, 1.807) is 6.07 Å². The largest absolute Gasteiger partial charge is 0.379 e. The molecule has 2 aromatic carbocycles. The van der Waals surface area contributed by atoms with Gasteiger partial charge in [0.25, 0.3) is 0 Å². The molecule has 2 nitrogen and oxygen atoms in total. The number of benzene rings is 2. The molecule has 0 aromatic heterocycles. The van der Waals surface area contributed by atoms with Gasteiger partial charge >= 0.3 is 0 Å². The highest BCUT2D eigenvalue weighted by Gasteiger charge is 2.09. The van der Waals surface area contributed by atoms with Crippen LogP contribution in [0.4, 0.5) is 14.5 Å². The fourth-order valence-corrected chi connectivity index (χ4v) is 2.26. The third-order valence-corrected chi connectivity index (χ3v) is 3.22. The van der Waals surface area contributed by atoms with E-state index in [1.165, 1.54) is 18.2 Å². The number of halogens is 4. The number of nitrogens with one attached hydrogen (secondary N) is 1. The lowest BCUT2D eigenvalue weighted by Gasteiger charge is -2.11. The Morgan fingerprint density at radius 1 is 1.10 bits per heavy atom. The standard InChI is InChI=1S/C14H8Cl2F2N2/c15-11-4-10(17)5-12(16)14(11)20-7-8-1-2-13(18)9(3-8)6-19/h1-5,20H,7H2. The molecule has 0 fully saturated rings. The molecule has 0 amide bonds. The summed E-state index contributed by atoms with van der Waals surface area (Å²) in [6, 6.07) is 8.21. The highest BCUT2D eigenvalue weighted by Crippen LogP contribution is 2.31. The predicted octanol–water partition coefficient (Wildman–Crippen LogP) is 4.76. The summed E-state index contributed by atoms with van der Waals surface area (Å²) in [6.45, 7) is 0.278. The Kier molecular flexibility index (Phi) is 4.43. The minimum absolute atomic E-state index is 0.0411. The molecule has 1 N–H and O–H groups in total. The third kappa shape index (κ3) is 3.19. The van der Waals surface area contributed by atoms with E-state index in [-0.39, 0.29) is 22.2 Å². The Bertz CT molecular complexity index is 673. The van der Waals surface area contributed by atoms with Crippen molar-refractivity contribution >= 4 is 28.9 Å². The molecule has 102 valence electrons. The van der Waals surface area contributed by atoms with Crippen LogP contribution in [0.2, 0.25) is 10.0 Å². The minimum atomic E-state index is -0.575. The summed E-state index contributed by atoms with van der Waals surface area (Å²) in [4.78, 5) is 0. The van der Waals surface area contributed by atoms with Crippen molar-refractivity contribution in [1.82, 2.24) is 0 Å². The average molecular weight is 313 g/mol. The maximum Gasteiger partial charge on any atom is 0.140 e. The fraction of sp³-hybridized carbons (Fsp3) is 0.0714. The molecule has 0 saturated heterocycles. The Labute approximate surface area is 124 Å². The summed E-state index contributed by atoms with van der Waals surface area (Å²) in [6.07, 6.45) is 0. The summed E-state index contributed by atoms with van der Waals surface area (Å²) in [5, 5.41) is 12.0. The van der Waals surface area contributed by atoms with Crippen molar-refractivity contribution in [3.05, 3.63) is 63.1 Å². The van der Waals surface area contributed by atoms with E-state index in [2.05, 4.69) is 5.32 Å². The summed E-state index contributed by atoms with van der Waals surface area (Å²) >= 11 is 11.8. The summed E-state index contributed by atoms with van der Waals surface area (Å²) in [7, 11) is 0. The van der Waals surface area contributed by atoms with E-state index in [4.69, 9.17) is 28.5 Å². The lowest BCUT2D eigenvalue weighted by atomic mass is 10.1. The number of hydrogen-bond acceptors (Lipinski definition) is 2. The van der Waals surface area contributed by atoms with Gasteiger partial charge in [-0.05, 0) is 29.8 Å². The molecule has 6 heteroatoms. The monoisotopic (exact) mass is 312 g/mol. The van der Waals surface area contributed by atoms with E-state index in [9.17, 15) is 8.78 Å². The molecule has 0 spiro atoms. The van der Waals surface area contributed by atoms with Gasteiger partial charge in [0.2, 0.25) is 0 Å². The highest BCUT2D eigenvalue weighted by atomic mass is 35.5. The van der Waals surface area contributed by atoms with Gasteiger partial charge in [-0.15, -0.1) is 0 Å². The highest BCUT2D eigenvalue weighted by molar-refractivity contribution is 6.39. The zero-order valence-electron chi connectivity index (χ0n) is 10.1. The van der Waals surface area contributed by atoms with E-state index in [0.29, 0.717) is 11.3 Å². The zero-order chi connectivity index (χ0) is 14.7. The first-order valence-electron chi connectivity index (χ1n) is 5.58. The molecular weight excluding hydrogens is 305 g/mol. The van der Waals surface area contributed by atoms with Gasteiger partial charge in [0.1, 0.15) is 17.7 Å². The molecule has 0 atom stereocenters. The van der Waals surface area contributed by atoms with Crippen LogP contribution in [0.15, 0.2) is 30.3 Å². The van der Waals surface area contributed by atoms with Crippen molar-refractivity contribution < 1.29 is 8.78 Å². The Morgan fingerprint density at radius 3 is 2.35 bits per heavy atom. The Balaban J connectivity index is 2.20. The Morgan fingerprint density at radius 2 is 1.75 bits per heavy atom. The van der Waals surface area contributed by atoms with Crippen LogP contribution in [0.1, 0.15) is 11.1 Å². The first kappa shape index (κ1) is 14.6. The van der Waals surface area contributed by atoms with Crippen LogP contribution in [-0.4, -0.2) is 0 Å². The number of nitriles is 1. The molecular formula is C14H8Cl2F2N2. The van der Waals surface area contributed by atoms with Crippen molar-refractivity contribution in [2.75, 3.05) is 5.32 Å². The van der Waals surface area contributed by atoms with Gasteiger partial charge in [0.05, 0.1) is 21.3 Å². The number of nitrogens with zero attached hydrogens (tertiary/aromatic N) is 1. The van der Waals surface area contributed by atoms with E-state index >= 15 is 0 Å². The second-order valence-corrected chi connectivity index (χ2v) is 4.84. The van der Waals surface area contributed by atoms with Crippen LogP contribution >= 0.6 is 23.2 Å². The van der Waals surface area contributed by atoms with Crippen molar-refractivity contribution in [3.8, 4) is 6.07 Å². The lowest BCUT2D eigenvalue weighted by molar-refractivity contribution is 0.623. The van der Waals surface area contributed by atoms with Gasteiger partial charge in [-0.1, -0.05) is 29.3 Å². The van der Waals surface area contributed by atoms with Crippen molar-refractivity contribution in [2.24, 2.45) is 0 Å². The molecule has 0 aliphatic rings. The van der Waals surface area contributed by atoms with E-state index < -0.39 is 11.6 Å². The van der Waals surface area contributed by atoms with Crippen LogP contribution in [-0.2, 0) is 6.54 Å². The fourth-order valence-electron chi connectivity index (χ4n) is 1.67. The number of hydrogen-bond donors (Lipinski definition) is 1. The van der Waals surface area contributed by atoms with Crippen LogP contribution in [0.5, 0.6) is 0 Å². The predicted molar refractivity (Wildman–Crippen MR) is 74.9 cm³/mol. The molecule has 2 aromatic rings. The molecule has 0 aliphatic heterocycles. The van der Waals surface area contributed by atoms with Crippen molar-refractivity contribution in [2.45, 2.75) is 6.54 Å². The number of anilines is 1. The van der Waals surface area contributed by atoms with Gasteiger partial charge in [-0.25, -0.2) is 8.78 Å². The van der Waals surface area contributed by atoms with Crippen molar-refractivity contribution in [3.63, 3.8) is 0 Å². The van der Waals surface area contributed by atoms with Gasteiger partial charge < -0.3 is 5.32 Å². The molecule has 0 aliphatic carbocycles. The van der Waals surface area contributed by atoms with E-state index in [0.717, 1.165) is 12.1 Å². The smallest absolute Gasteiger partial charge is 0.140 e. The van der Waals surface area contributed by atoms with Gasteiger partial charge in [-0.2, -0.15) is 5.26 Å². The zero-order valence-corrected chi connectivity index (χ0v) is 11.6. The second-order valence-electron chi connectivity index (χ2n) is 4.02. The molecule has 0 saturated carbocycles. The first-order valence-corrected chi connectivity index (χ1v) is 6.34. The lowest BCUT2D eigenvalue weighted by Crippen LogP contribution is -2.02. The third-order valence-electron chi connectivity index (χ3n) is 2.63. The van der Waals surface area contributed by atoms with Crippen LogP contribution in [0.25, 0.3) is 0 Å². The topological polar surface area (TPSA) is 35.8 Å². The first-order chi connectivity index (χ1) is 9.51. The van der Waals surface area contributed by atoms with Gasteiger partial charge in [0, 0.05) is 6.54 Å². The molecule has 0 unspecified atom stereocenters. The van der Waals surface area contributed by atoms with Gasteiger partial charge in [-0.3, -0.25) is 0 Å². The van der Waals surface area contributed by atoms with Crippen molar-refractivity contribution in [1.29, 1.82) is 5.26 Å². The summed E-state index contributed by atoms with van der Waals surface area (Å²) < 4.78 is 26.2. The minimum Gasteiger partial charge on any atom is -0.379 e. The van der Waals surface area contributed by atoms with Gasteiger partial charge in [0.15, 0.2) is 0 Å². The normalized spacial score (nSPS) is 10.2. The molecule has 0 heterocycles. The van der Waals surface area contributed by atoms with Crippen LogP contribution in [0, 0.1) is 23.0 Å². The maximum atomic E-state index is 13.2. The quantitative estimate of drug-likeness (QED) is 0.887. The molecule has 2 rings (SSSR count). The Hall–Kier alpha value is -1.83. The van der Waals surface area contributed by atoms with Crippen LogP contribution < -0.4 is 5.32 Å². The molecule has 20 heavy (non-hydrogen) atoms. The molecule has 0 radical (unpaired) electrons.